The van der Waals surface area contributed by atoms with Crippen molar-refractivity contribution in [3.63, 3.8) is 0 Å². The highest BCUT2D eigenvalue weighted by atomic mass is 16.2. The quantitative estimate of drug-likeness (QED) is 0.808. The van der Waals surface area contributed by atoms with Crippen molar-refractivity contribution in [3.8, 4) is 6.07 Å². The normalized spacial score (nSPS) is 9.96. The number of aromatic nitrogens is 1. The zero-order valence-corrected chi connectivity index (χ0v) is 14.3. The van der Waals surface area contributed by atoms with Crippen LogP contribution in [0.3, 0.4) is 0 Å². The van der Waals surface area contributed by atoms with E-state index in [1.165, 1.54) is 11.8 Å². The van der Waals surface area contributed by atoms with E-state index in [0.29, 0.717) is 17.8 Å². The summed E-state index contributed by atoms with van der Waals surface area (Å²) in [5.41, 5.74) is 2.21. The van der Waals surface area contributed by atoms with Crippen molar-refractivity contribution in [3.05, 3.63) is 59.9 Å². The van der Waals surface area contributed by atoms with Gasteiger partial charge in [-0.2, -0.15) is 5.26 Å². The van der Waals surface area contributed by atoms with Gasteiger partial charge in [-0.15, -0.1) is 0 Å². The number of likely N-dealkylation sites (N-methyl/N-ethyl adjacent to an activating group) is 1. The highest BCUT2D eigenvalue weighted by molar-refractivity contribution is 5.97. The van der Waals surface area contributed by atoms with E-state index >= 15 is 0 Å². The van der Waals surface area contributed by atoms with E-state index in [2.05, 4.69) is 4.98 Å². The second kappa shape index (κ2) is 8.60. The molecule has 0 aliphatic heterocycles. The number of nitrogens with zero attached hydrogens (tertiary/aromatic N) is 4. The number of hydrogen-bond acceptors (Lipinski definition) is 4. The van der Waals surface area contributed by atoms with Gasteiger partial charge in [-0.05, 0) is 48.4 Å². The summed E-state index contributed by atoms with van der Waals surface area (Å²) in [5, 5.41) is 8.85. The zero-order valence-electron chi connectivity index (χ0n) is 14.3. The predicted octanol–water partition coefficient (Wildman–Crippen LogP) is 2.01. The monoisotopic (exact) mass is 336 g/mol. The molecule has 0 radical (unpaired) electrons. The molecular weight excluding hydrogens is 316 g/mol. The maximum Gasteiger partial charge on any atom is 0.242 e. The minimum atomic E-state index is -0.222. The third-order valence-electron chi connectivity index (χ3n) is 3.89. The molecular formula is C19H20N4O2. The third kappa shape index (κ3) is 5.15. The van der Waals surface area contributed by atoms with E-state index < -0.39 is 0 Å². The molecule has 2 amide bonds. The summed E-state index contributed by atoms with van der Waals surface area (Å²) < 4.78 is 0. The average molecular weight is 336 g/mol. The summed E-state index contributed by atoms with van der Waals surface area (Å²) in [4.78, 5) is 31.4. The Morgan fingerprint density at radius 2 is 1.76 bits per heavy atom. The van der Waals surface area contributed by atoms with E-state index in [4.69, 9.17) is 5.26 Å². The Bertz CT molecular complexity index is 766. The van der Waals surface area contributed by atoms with Gasteiger partial charge in [-0.1, -0.05) is 0 Å². The van der Waals surface area contributed by atoms with Crippen LogP contribution in [0.15, 0.2) is 48.8 Å². The number of nitriles is 1. The molecule has 0 aliphatic rings. The molecule has 1 aromatic carbocycles. The lowest BCUT2D eigenvalue weighted by Crippen LogP contribution is -2.41. The van der Waals surface area contributed by atoms with E-state index in [9.17, 15) is 9.59 Å². The molecule has 0 aliphatic carbocycles. The maximum absolute atomic E-state index is 12.4. The minimum absolute atomic E-state index is 0.0337. The van der Waals surface area contributed by atoms with E-state index in [0.717, 1.165) is 12.0 Å². The summed E-state index contributed by atoms with van der Waals surface area (Å²) in [5.74, 6) is -0.366. The van der Waals surface area contributed by atoms with Crippen LogP contribution in [-0.2, 0) is 16.0 Å². The van der Waals surface area contributed by atoms with E-state index in [-0.39, 0.29) is 18.4 Å². The van der Waals surface area contributed by atoms with Gasteiger partial charge < -0.3 is 9.80 Å². The summed E-state index contributed by atoms with van der Waals surface area (Å²) >= 11 is 0. The van der Waals surface area contributed by atoms with Gasteiger partial charge in [0.1, 0.15) is 6.54 Å². The van der Waals surface area contributed by atoms with Gasteiger partial charge in [0.25, 0.3) is 0 Å². The lowest BCUT2D eigenvalue weighted by molar-refractivity contribution is -0.130. The van der Waals surface area contributed by atoms with Gasteiger partial charge in [-0.3, -0.25) is 14.6 Å². The van der Waals surface area contributed by atoms with Gasteiger partial charge in [0, 0.05) is 38.6 Å². The molecule has 0 saturated carbocycles. The van der Waals surface area contributed by atoms with Crippen molar-refractivity contribution < 1.29 is 9.59 Å². The molecule has 6 nitrogen and oxygen atoms in total. The van der Waals surface area contributed by atoms with Crippen LogP contribution in [0.25, 0.3) is 0 Å². The zero-order chi connectivity index (χ0) is 18.2. The van der Waals surface area contributed by atoms with Crippen molar-refractivity contribution >= 4 is 17.5 Å². The molecule has 0 N–H and O–H groups in total. The Balaban J connectivity index is 1.99. The Morgan fingerprint density at radius 3 is 2.32 bits per heavy atom. The summed E-state index contributed by atoms with van der Waals surface area (Å²) in [6.45, 7) is 1.94. The lowest BCUT2D eigenvalue weighted by atomic mass is 10.2. The average Bonchev–Trinajstić information content (AvgIpc) is 2.64. The largest absolute Gasteiger partial charge is 0.344 e. The van der Waals surface area contributed by atoms with Crippen LogP contribution in [-0.4, -0.2) is 41.8 Å². The first kappa shape index (κ1) is 18.1. The number of carbonyl (C=O) groups excluding carboxylic acids is 2. The first-order chi connectivity index (χ1) is 12.0. The predicted molar refractivity (Wildman–Crippen MR) is 94.8 cm³/mol. The number of amides is 2. The van der Waals surface area contributed by atoms with Crippen LogP contribution < -0.4 is 4.90 Å². The van der Waals surface area contributed by atoms with Crippen LogP contribution >= 0.6 is 0 Å². The summed E-state index contributed by atoms with van der Waals surface area (Å²) in [7, 11) is 1.72. The highest BCUT2D eigenvalue weighted by Gasteiger charge is 2.18. The lowest BCUT2D eigenvalue weighted by Gasteiger charge is -2.24. The van der Waals surface area contributed by atoms with Crippen LogP contribution in [0.5, 0.6) is 0 Å². The van der Waals surface area contributed by atoms with E-state index in [1.54, 1.807) is 48.6 Å². The number of benzene rings is 1. The van der Waals surface area contributed by atoms with Crippen LogP contribution in [0.1, 0.15) is 18.1 Å². The Morgan fingerprint density at radius 1 is 1.12 bits per heavy atom. The molecule has 2 rings (SSSR count). The molecule has 25 heavy (non-hydrogen) atoms. The van der Waals surface area contributed by atoms with Gasteiger partial charge in [0.2, 0.25) is 11.8 Å². The number of pyridine rings is 1. The Hall–Kier alpha value is -3.20. The Kier molecular flexibility index (Phi) is 6.24. The fraction of sp³-hybridized carbons (Fsp3) is 0.263. The number of rotatable bonds is 6. The maximum atomic E-state index is 12.4. The topological polar surface area (TPSA) is 77.3 Å². The van der Waals surface area contributed by atoms with Gasteiger partial charge in [0.05, 0.1) is 11.6 Å². The van der Waals surface area contributed by atoms with Crippen molar-refractivity contribution in [1.82, 2.24) is 9.88 Å². The third-order valence-corrected chi connectivity index (χ3v) is 3.89. The highest BCUT2D eigenvalue weighted by Crippen LogP contribution is 2.15. The standard InChI is InChI=1S/C19H20N4O2/c1-15(24)23(18-5-3-17(13-20)4-6-18)14-19(25)22(2)12-9-16-7-10-21-11-8-16/h3-8,10-11H,9,12,14H2,1-2H3. The molecule has 0 saturated heterocycles. The van der Waals surface area contributed by atoms with Gasteiger partial charge in [0.15, 0.2) is 0 Å². The molecule has 128 valence electrons. The fourth-order valence-corrected chi connectivity index (χ4v) is 2.33. The van der Waals surface area contributed by atoms with Crippen LogP contribution in [0, 0.1) is 11.3 Å². The second-order valence-electron chi connectivity index (χ2n) is 5.68. The molecule has 1 aromatic heterocycles. The van der Waals surface area contributed by atoms with Crippen LogP contribution in [0.2, 0.25) is 0 Å². The van der Waals surface area contributed by atoms with Crippen LogP contribution in [0.4, 0.5) is 5.69 Å². The molecule has 0 atom stereocenters. The minimum Gasteiger partial charge on any atom is -0.344 e. The first-order valence-electron chi connectivity index (χ1n) is 7.92. The van der Waals surface area contributed by atoms with Crippen molar-refractivity contribution in [2.24, 2.45) is 0 Å². The van der Waals surface area contributed by atoms with Gasteiger partial charge in [-0.25, -0.2) is 0 Å². The Labute approximate surface area is 147 Å². The van der Waals surface area contributed by atoms with Crippen molar-refractivity contribution in [2.45, 2.75) is 13.3 Å². The smallest absolute Gasteiger partial charge is 0.242 e. The summed E-state index contributed by atoms with van der Waals surface area (Å²) in [6.07, 6.45) is 4.17. The molecule has 2 aromatic rings. The fourth-order valence-electron chi connectivity index (χ4n) is 2.33. The van der Waals surface area contributed by atoms with Crippen molar-refractivity contribution in [2.75, 3.05) is 25.0 Å². The number of anilines is 1. The molecule has 1 heterocycles. The number of hydrogen-bond donors (Lipinski definition) is 0. The SMILES string of the molecule is CC(=O)N(CC(=O)N(C)CCc1ccncc1)c1ccc(C#N)cc1. The second-order valence-corrected chi connectivity index (χ2v) is 5.68. The molecule has 0 fully saturated rings. The number of carbonyl (C=O) groups is 2. The molecule has 0 bridgehead atoms. The molecule has 0 spiro atoms. The molecule has 6 heteroatoms. The first-order valence-corrected chi connectivity index (χ1v) is 7.92. The molecule has 0 unspecified atom stereocenters. The summed E-state index contributed by atoms with van der Waals surface area (Å²) in [6, 6.07) is 12.5. The van der Waals surface area contributed by atoms with E-state index in [1.807, 2.05) is 18.2 Å². The van der Waals surface area contributed by atoms with Gasteiger partial charge >= 0.3 is 0 Å². The van der Waals surface area contributed by atoms with Crippen molar-refractivity contribution in [1.29, 1.82) is 5.26 Å².